The average Bonchev–Trinajstić information content (AvgIpc) is 2.15. The van der Waals surface area contributed by atoms with E-state index in [-0.39, 0.29) is 6.61 Å². The molecular weight excluding hydrogens is 182 g/mol. The molecule has 0 saturated carbocycles. The van der Waals surface area contributed by atoms with Crippen LogP contribution in [0.15, 0.2) is 0 Å². The molecule has 1 heterocycles. The molecule has 0 radical (unpaired) electrons. The molecule has 0 aromatic heterocycles. The second kappa shape index (κ2) is 4.75. The SMILES string of the molecule is CC1(C(=O)O)CCCN(CCCO)C1. The Hall–Kier alpha value is -0.610. The molecular formula is C10H19NO3. The van der Waals surface area contributed by atoms with Gasteiger partial charge >= 0.3 is 5.97 Å². The van der Waals surface area contributed by atoms with Gasteiger partial charge < -0.3 is 15.1 Å². The summed E-state index contributed by atoms with van der Waals surface area (Å²) >= 11 is 0. The Kier molecular flexibility index (Phi) is 3.89. The van der Waals surface area contributed by atoms with Gasteiger partial charge in [-0.2, -0.15) is 0 Å². The Bertz CT molecular complexity index is 208. The molecule has 82 valence electrons. The lowest BCUT2D eigenvalue weighted by Crippen LogP contribution is -2.46. The van der Waals surface area contributed by atoms with Crippen LogP contribution < -0.4 is 0 Å². The molecule has 1 aliphatic heterocycles. The highest BCUT2D eigenvalue weighted by Crippen LogP contribution is 2.29. The molecule has 0 aromatic rings. The van der Waals surface area contributed by atoms with Crippen LogP contribution in [0.25, 0.3) is 0 Å². The summed E-state index contributed by atoms with van der Waals surface area (Å²) in [5, 5.41) is 17.8. The van der Waals surface area contributed by atoms with Crippen LogP contribution >= 0.6 is 0 Å². The lowest BCUT2D eigenvalue weighted by molar-refractivity contribution is -0.151. The van der Waals surface area contributed by atoms with Gasteiger partial charge in [0.05, 0.1) is 5.41 Å². The van der Waals surface area contributed by atoms with E-state index < -0.39 is 11.4 Å². The quantitative estimate of drug-likeness (QED) is 0.697. The summed E-state index contributed by atoms with van der Waals surface area (Å²) in [6, 6.07) is 0. The number of aliphatic hydroxyl groups excluding tert-OH is 1. The zero-order valence-electron chi connectivity index (χ0n) is 8.70. The molecule has 0 aromatic carbocycles. The molecule has 0 aliphatic carbocycles. The van der Waals surface area contributed by atoms with Crippen molar-refractivity contribution in [2.24, 2.45) is 5.41 Å². The van der Waals surface area contributed by atoms with Crippen LogP contribution in [-0.2, 0) is 4.79 Å². The molecule has 4 nitrogen and oxygen atoms in total. The maximum atomic E-state index is 11.0. The summed E-state index contributed by atoms with van der Waals surface area (Å²) in [4.78, 5) is 13.2. The number of hydrogen-bond donors (Lipinski definition) is 2. The van der Waals surface area contributed by atoms with Crippen molar-refractivity contribution >= 4 is 5.97 Å². The second-order valence-electron chi connectivity index (χ2n) is 4.32. The number of likely N-dealkylation sites (tertiary alicyclic amines) is 1. The van der Waals surface area contributed by atoms with Crippen molar-refractivity contribution < 1.29 is 15.0 Å². The third-order valence-electron chi connectivity index (χ3n) is 2.92. The van der Waals surface area contributed by atoms with Gasteiger partial charge in [-0.15, -0.1) is 0 Å². The van der Waals surface area contributed by atoms with Crippen molar-refractivity contribution in [1.29, 1.82) is 0 Å². The molecule has 1 atom stereocenters. The van der Waals surface area contributed by atoms with E-state index in [0.29, 0.717) is 6.54 Å². The molecule has 1 aliphatic rings. The van der Waals surface area contributed by atoms with E-state index in [9.17, 15) is 4.79 Å². The number of hydrogen-bond acceptors (Lipinski definition) is 3. The van der Waals surface area contributed by atoms with Crippen LogP contribution in [0, 0.1) is 5.41 Å². The molecule has 14 heavy (non-hydrogen) atoms. The number of carbonyl (C=O) groups is 1. The number of carboxylic acids is 1. The van der Waals surface area contributed by atoms with Crippen molar-refractivity contribution in [3.05, 3.63) is 0 Å². The minimum Gasteiger partial charge on any atom is -0.481 e. The van der Waals surface area contributed by atoms with Gasteiger partial charge in [0, 0.05) is 19.7 Å². The Balaban J connectivity index is 2.46. The Morgan fingerprint density at radius 1 is 1.57 bits per heavy atom. The fraction of sp³-hybridized carbons (Fsp3) is 0.900. The zero-order chi connectivity index (χ0) is 10.6. The van der Waals surface area contributed by atoms with E-state index in [1.54, 1.807) is 6.92 Å². The number of rotatable bonds is 4. The molecule has 1 saturated heterocycles. The topological polar surface area (TPSA) is 60.8 Å². The summed E-state index contributed by atoms with van der Waals surface area (Å²) in [6.45, 7) is 4.37. The summed E-state index contributed by atoms with van der Waals surface area (Å²) in [5.41, 5.74) is -0.590. The third kappa shape index (κ3) is 2.69. The van der Waals surface area contributed by atoms with Crippen molar-refractivity contribution in [3.63, 3.8) is 0 Å². The van der Waals surface area contributed by atoms with Crippen LogP contribution in [0.3, 0.4) is 0 Å². The first kappa shape index (κ1) is 11.5. The van der Waals surface area contributed by atoms with Gasteiger partial charge in [0.15, 0.2) is 0 Å². The fourth-order valence-corrected chi connectivity index (χ4v) is 2.00. The molecule has 4 heteroatoms. The van der Waals surface area contributed by atoms with E-state index in [1.165, 1.54) is 0 Å². The molecule has 0 spiro atoms. The number of piperidine rings is 1. The van der Waals surface area contributed by atoms with Crippen molar-refractivity contribution in [2.75, 3.05) is 26.2 Å². The second-order valence-corrected chi connectivity index (χ2v) is 4.32. The molecule has 0 bridgehead atoms. The molecule has 0 amide bonds. The maximum Gasteiger partial charge on any atom is 0.310 e. The minimum absolute atomic E-state index is 0.181. The molecule has 1 unspecified atom stereocenters. The first-order valence-electron chi connectivity index (χ1n) is 5.15. The van der Waals surface area contributed by atoms with Gasteiger partial charge in [-0.1, -0.05) is 0 Å². The highest BCUT2D eigenvalue weighted by Gasteiger charge is 2.37. The Morgan fingerprint density at radius 3 is 2.86 bits per heavy atom. The van der Waals surface area contributed by atoms with Gasteiger partial charge in [0.25, 0.3) is 0 Å². The van der Waals surface area contributed by atoms with E-state index in [2.05, 4.69) is 4.90 Å². The standard InChI is InChI=1S/C10H19NO3/c1-10(9(13)14)4-2-5-11(8-10)6-3-7-12/h12H,2-8H2,1H3,(H,13,14). The maximum absolute atomic E-state index is 11.0. The first-order chi connectivity index (χ1) is 6.58. The highest BCUT2D eigenvalue weighted by atomic mass is 16.4. The highest BCUT2D eigenvalue weighted by molar-refractivity contribution is 5.74. The number of carboxylic acid groups (broad SMARTS) is 1. The molecule has 1 rings (SSSR count). The zero-order valence-corrected chi connectivity index (χ0v) is 8.70. The monoisotopic (exact) mass is 201 g/mol. The Labute approximate surface area is 84.5 Å². The van der Waals surface area contributed by atoms with Gasteiger partial charge in [-0.05, 0) is 32.7 Å². The van der Waals surface area contributed by atoms with Gasteiger partial charge in [-0.25, -0.2) is 0 Å². The van der Waals surface area contributed by atoms with Gasteiger partial charge in [0.1, 0.15) is 0 Å². The van der Waals surface area contributed by atoms with E-state index in [1.807, 2.05) is 0 Å². The largest absolute Gasteiger partial charge is 0.481 e. The summed E-state index contributed by atoms with van der Waals surface area (Å²) in [6.07, 6.45) is 2.43. The van der Waals surface area contributed by atoms with Crippen molar-refractivity contribution in [2.45, 2.75) is 26.2 Å². The van der Waals surface area contributed by atoms with Crippen LogP contribution in [0.4, 0.5) is 0 Å². The summed E-state index contributed by atoms with van der Waals surface area (Å²) in [5.74, 6) is -0.703. The summed E-state index contributed by atoms with van der Waals surface area (Å²) < 4.78 is 0. The van der Waals surface area contributed by atoms with Gasteiger partial charge in [0.2, 0.25) is 0 Å². The minimum atomic E-state index is -0.703. The summed E-state index contributed by atoms with van der Waals surface area (Å²) in [7, 11) is 0. The van der Waals surface area contributed by atoms with Crippen molar-refractivity contribution in [3.8, 4) is 0 Å². The third-order valence-corrected chi connectivity index (χ3v) is 2.92. The lowest BCUT2D eigenvalue weighted by Gasteiger charge is -2.37. The number of nitrogens with zero attached hydrogens (tertiary/aromatic N) is 1. The average molecular weight is 201 g/mol. The molecule has 1 fully saturated rings. The van der Waals surface area contributed by atoms with E-state index >= 15 is 0 Å². The normalized spacial score (nSPS) is 29.0. The predicted octanol–water partition coefficient (Wildman–Crippen LogP) is 0.556. The smallest absolute Gasteiger partial charge is 0.310 e. The van der Waals surface area contributed by atoms with Crippen molar-refractivity contribution in [1.82, 2.24) is 4.90 Å². The van der Waals surface area contributed by atoms with Crippen LogP contribution in [0.2, 0.25) is 0 Å². The van der Waals surface area contributed by atoms with Gasteiger partial charge in [-0.3, -0.25) is 4.79 Å². The number of aliphatic hydroxyl groups is 1. The molecule has 2 N–H and O–H groups in total. The van der Waals surface area contributed by atoms with Crippen LogP contribution in [0.5, 0.6) is 0 Å². The Morgan fingerprint density at radius 2 is 2.29 bits per heavy atom. The fourth-order valence-electron chi connectivity index (χ4n) is 2.00. The van der Waals surface area contributed by atoms with Crippen LogP contribution in [-0.4, -0.2) is 47.3 Å². The predicted molar refractivity (Wildman–Crippen MR) is 53.1 cm³/mol. The first-order valence-corrected chi connectivity index (χ1v) is 5.15. The van der Waals surface area contributed by atoms with E-state index in [0.717, 1.165) is 32.4 Å². The lowest BCUT2D eigenvalue weighted by atomic mass is 9.82. The number of aliphatic carboxylic acids is 1. The van der Waals surface area contributed by atoms with E-state index in [4.69, 9.17) is 10.2 Å². The van der Waals surface area contributed by atoms with Crippen LogP contribution in [0.1, 0.15) is 26.2 Å².